The highest BCUT2D eigenvalue weighted by Crippen LogP contribution is 2.36. The third-order valence-electron chi connectivity index (χ3n) is 7.87. The molecular weight excluding hydrogens is 548 g/mol. The Morgan fingerprint density at radius 1 is 1.16 bits per heavy atom. The SMILES string of the molecule is CCn1c(C=O)cc2c3c(ncn3C)c(N(Cc3ccc(O)cc3OC)C(=O)OC(C)(C)C)nc21.CN(C1CC1)C1CC1. The van der Waals surface area contributed by atoms with Gasteiger partial charge in [0.25, 0.3) is 0 Å². The molecule has 2 fully saturated rings. The molecule has 0 saturated heterocycles. The molecule has 2 aliphatic rings. The average Bonchev–Trinajstić information content (AvgIpc) is 3.90. The Kier molecular flexibility index (Phi) is 8.38. The number of phenolic OH excluding ortho intramolecular Hbond substituents is 1. The number of phenols is 1. The van der Waals surface area contributed by atoms with E-state index in [2.05, 4.69) is 16.9 Å². The number of carbonyl (C=O) groups is 2. The maximum atomic E-state index is 13.5. The number of nitrogens with zero attached hydrogens (tertiary/aromatic N) is 6. The van der Waals surface area contributed by atoms with Crippen molar-refractivity contribution in [2.45, 2.75) is 84.2 Å². The normalized spacial score (nSPS) is 15.0. The van der Waals surface area contributed by atoms with Crippen LogP contribution in [0.25, 0.3) is 22.1 Å². The first-order valence-electron chi connectivity index (χ1n) is 14.8. The first-order chi connectivity index (χ1) is 20.4. The van der Waals surface area contributed by atoms with Crippen molar-refractivity contribution < 1.29 is 24.2 Å². The first-order valence-corrected chi connectivity index (χ1v) is 14.8. The van der Waals surface area contributed by atoms with Gasteiger partial charge in [0, 0.05) is 42.7 Å². The Morgan fingerprint density at radius 2 is 1.84 bits per heavy atom. The van der Waals surface area contributed by atoms with Crippen molar-refractivity contribution in [3.05, 3.63) is 41.9 Å². The maximum absolute atomic E-state index is 13.5. The van der Waals surface area contributed by atoms with E-state index in [-0.39, 0.29) is 12.3 Å². The molecule has 1 amide bonds. The van der Waals surface area contributed by atoms with Crippen LogP contribution in [-0.4, -0.2) is 73.3 Å². The van der Waals surface area contributed by atoms with Gasteiger partial charge in [-0.25, -0.2) is 14.8 Å². The summed E-state index contributed by atoms with van der Waals surface area (Å²) in [5.74, 6) is 0.753. The minimum absolute atomic E-state index is 0.0447. The molecule has 3 aromatic heterocycles. The van der Waals surface area contributed by atoms with Crippen LogP contribution in [0.3, 0.4) is 0 Å². The number of fused-ring (bicyclic) bond motifs is 3. The van der Waals surface area contributed by atoms with E-state index in [4.69, 9.17) is 14.5 Å². The zero-order valence-electron chi connectivity index (χ0n) is 26.1. The van der Waals surface area contributed by atoms with Gasteiger partial charge < -0.3 is 28.6 Å². The van der Waals surface area contributed by atoms with Crippen molar-refractivity contribution in [1.82, 2.24) is 24.0 Å². The fraction of sp³-hybridized carbons (Fsp3) is 0.500. The molecule has 0 spiro atoms. The van der Waals surface area contributed by atoms with Crippen molar-refractivity contribution in [2.75, 3.05) is 19.1 Å². The van der Waals surface area contributed by atoms with Gasteiger partial charge in [0.15, 0.2) is 12.1 Å². The largest absolute Gasteiger partial charge is 0.508 e. The summed E-state index contributed by atoms with van der Waals surface area (Å²) >= 11 is 0. The number of pyridine rings is 1. The first kappa shape index (κ1) is 30.3. The lowest BCUT2D eigenvalue weighted by atomic mass is 10.1. The lowest BCUT2D eigenvalue weighted by Crippen LogP contribution is -2.37. The van der Waals surface area contributed by atoms with Gasteiger partial charge in [0.1, 0.15) is 28.3 Å². The Morgan fingerprint density at radius 3 is 2.40 bits per heavy atom. The van der Waals surface area contributed by atoms with E-state index in [1.54, 1.807) is 43.8 Å². The molecule has 0 unspecified atom stereocenters. The molecule has 3 heterocycles. The van der Waals surface area contributed by atoms with E-state index in [1.165, 1.54) is 49.8 Å². The summed E-state index contributed by atoms with van der Waals surface area (Å²) in [4.78, 5) is 38.6. The van der Waals surface area contributed by atoms with Crippen LogP contribution in [0.2, 0.25) is 0 Å². The molecule has 11 nitrogen and oxygen atoms in total. The van der Waals surface area contributed by atoms with E-state index in [0.29, 0.717) is 40.5 Å². The van der Waals surface area contributed by atoms with Crippen molar-refractivity contribution >= 4 is 40.3 Å². The molecule has 1 N–H and O–H groups in total. The van der Waals surface area contributed by atoms with Crippen molar-refractivity contribution in [1.29, 1.82) is 0 Å². The summed E-state index contributed by atoms with van der Waals surface area (Å²) in [5, 5.41) is 10.6. The van der Waals surface area contributed by atoms with E-state index < -0.39 is 11.7 Å². The smallest absolute Gasteiger partial charge is 0.416 e. The zero-order chi connectivity index (χ0) is 31.1. The van der Waals surface area contributed by atoms with Gasteiger partial charge in [-0.05, 0) is 78.6 Å². The molecule has 6 rings (SSSR count). The van der Waals surface area contributed by atoms with E-state index >= 15 is 0 Å². The van der Waals surface area contributed by atoms with Crippen LogP contribution >= 0.6 is 0 Å². The monoisotopic (exact) mass is 590 g/mol. The quantitative estimate of drug-likeness (QED) is 0.262. The van der Waals surface area contributed by atoms with Crippen LogP contribution in [0.5, 0.6) is 11.5 Å². The number of aldehydes is 1. The van der Waals surface area contributed by atoms with Gasteiger partial charge in [0.2, 0.25) is 0 Å². The summed E-state index contributed by atoms with van der Waals surface area (Å²) in [6, 6.07) is 8.45. The molecule has 11 heteroatoms. The van der Waals surface area contributed by atoms with E-state index in [1.807, 2.05) is 18.5 Å². The molecule has 2 aliphatic carbocycles. The number of amides is 1. The Balaban J connectivity index is 0.000000392. The maximum Gasteiger partial charge on any atom is 0.416 e. The van der Waals surface area contributed by atoms with Crippen LogP contribution in [0.15, 0.2) is 30.6 Å². The number of aromatic nitrogens is 4. The average molecular weight is 591 g/mol. The van der Waals surface area contributed by atoms with Gasteiger partial charge in [-0.15, -0.1) is 0 Å². The van der Waals surface area contributed by atoms with E-state index in [9.17, 15) is 14.7 Å². The predicted molar refractivity (Wildman–Crippen MR) is 166 cm³/mol. The summed E-state index contributed by atoms with van der Waals surface area (Å²) in [7, 11) is 5.62. The number of benzene rings is 1. The third-order valence-corrected chi connectivity index (χ3v) is 7.87. The van der Waals surface area contributed by atoms with Crippen LogP contribution in [0.1, 0.15) is 69.4 Å². The molecule has 0 bridgehead atoms. The van der Waals surface area contributed by atoms with Crippen molar-refractivity contribution in [3.8, 4) is 11.5 Å². The second-order valence-corrected chi connectivity index (χ2v) is 12.3. The lowest BCUT2D eigenvalue weighted by molar-refractivity contribution is 0.0576. The standard InChI is InChI=1S/C25H29N5O5.C7H13N/c1-7-29-16(13-31)10-18-21-20(26-14-28(21)5)23(27-22(18)29)30(24(33)35-25(2,3)4)12-15-8-9-17(32)11-19(15)34-6;1-8(6-2-3-6)7-4-5-7/h8-11,13-14,32H,7,12H2,1-6H3;6-7H,2-5H2,1H3. The molecule has 43 heavy (non-hydrogen) atoms. The highest BCUT2D eigenvalue weighted by Gasteiger charge is 2.36. The molecule has 0 aliphatic heterocycles. The Bertz CT molecular complexity index is 1630. The molecule has 230 valence electrons. The number of methoxy groups -OCH3 is 1. The highest BCUT2D eigenvalue weighted by molar-refractivity contribution is 6.10. The molecule has 1 aromatic carbocycles. The predicted octanol–water partition coefficient (Wildman–Crippen LogP) is 5.65. The summed E-state index contributed by atoms with van der Waals surface area (Å²) < 4.78 is 14.8. The second kappa shape index (κ2) is 11.9. The topological polar surface area (TPSA) is 115 Å². The van der Waals surface area contributed by atoms with Crippen molar-refractivity contribution in [3.63, 3.8) is 0 Å². The van der Waals surface area contributed by atoms with Crippen LogP contribution in [0, 0.1) is 0 Å². The number of ether oxygens (including phenoxy) is 2. The molecular formula is C32H42N6O5. The number of aryl methyl sites for hydroxylation is 2. The minimum Gasteiger partial charge on any atom is -0.508 e. The summed E-state index contributed by atoms with van der Waals surface area (Å²) in [5.41, 5.74) is 2.17. The molecule has 0 atom stereocenters. The highest BCUT2D eigenvalue weighted by atomic mass is 16.6. The molecule has 2 saturated carbocycles. The Labute approximate surface area is 252 Å². The van der Waals surface area contributed by atoms with Crippen LogP contribution in [-0.2, 0) is 24.9 Å². The van der Waals surface area contributed by atoms with Crippen LogP contribution in [0.4, 0.5) is 10.6 Å². The van der Waals surface area contributed by atoms with E-state index in [0.717, 1.165) is 29.3 Å². The number of carbonyl (C=O) groups excluding carboxylic acids is 2. The number of anilines is 1. The van der Waals surface area contributed by atoms with Crippen LogP contribution < -0.4 is 9.64 Å². The third kappa shape index (κ3) is 6.46. The van der Waals surface area contributed by atoms with Crippen molar-refractivity contribution in [2.24, 2.45) is 7.05 Å². The Hall–Kier alpha value is -4.12. The molecule has 0 radical (unpaired) electrons. The fourth-order valence-corrected chi connectivity index (χ4v) is 5.37. The second-order valence-electron chi connectivity index (χ2n) is 12.3. The van der Waals surface area contributed by atoms with Gasteiger partial charge in [-0.2, -0.15) is 0 Å². The number of imidazole rings is 1. The fourth-order valence-electron chi connectivity index (χ4n) is 5.37. The number of aromatic hydroxyl groups is 1. The zero-order valence-corrected chi connectivity index (χ0v) is 26.1. The van der Waals surface area contributed by atoms with Gasteiger partial charge >= 0.3 is 6.09 Å². The lowest BCUT2D eigenvalue weighted by Gasteiger charge is -2.27. The number of hydrogen-bond donors (Lipinski definition) is 1. The summed E-state index contributed by atoms with van der Waals surface area (Å²) in [6.07, 6.45) is 7.68. The number of rotatable bonds is 8. The molecule has 4 aromatic rings. The minimum atomic E-state index is -0.754. The number of hydrogen-bond acceptors (Lipinski definition) is 8. The van der Waals surface area contributed by atoms with Gasteiger partial charge in [-0.3, -0.25) is 9.69 Å². The van der Waals surface area contributed by atoms with Gasteiger partial charge in [0.05, 0.1) is 31.2 Å². The summed E-state index contributed by atoms with van der Waals surface area (Å²) in [6.45, 7) is 7.86. The van der Waals surface area contributed by atoms with Gasteiger partial charge in [-0.1, -0.05) is 0 Å².